The molecule has 84 valence electrons. The Bertz CT molecular complexity index is 295. The third-order valence-electron chi connectivity index (χ3n) is 2.13. The van der Waals surface area contributed by atoms with Crippen molar-refractivity contribution in [2.45, 2.75) is 12.5 Å². The molecule has 0 aliphatic heterocycles. The van der Waals surface area contributed by atoms with Gasteiger partial charge >= 0.3 is 0 Å². The third-order valence-corrected chi connectivity index (χ3v) is 2.13. The second-order valence-corrected chi connectivity index (χ2v) is 3.05. The lowest BCUT2D eigenvalue weighted by Gasteiger charge is -2.16. The minimum absolute atomic E-state index is 0.399. The van der Waals surface area contributed by atoms with E-state index in [2.05, 4.69) is 4.98 Å². The normalized spacial score (nSPS) is 12.3. The summed E-state index contributed by atoms with van der Waals surface area (Å²) in [6.07, 6.45) is 2.84. The van der Waals surface area contributed by atoms with Crippen molar-refractivity contribution in [1.82, 2.24) is 4.98 Å². The molecule has 1 atom stereocenters. The van der Waals surface area contributed by atoms with Gasteiger partial charge in [0.15, 0.2) is 0 Å². The van der Waals surface area contributed by atoms with Gasteiger partial charge in [-0.05, 0) is 13.0 Å². The van der Waals surface area contributed by atoms with Crippen molar-refractivity contribution in [3.05, 3.63) is 18.0 Å². The maximum atomic E-state index is 9.88. The molecule has 0 aliphatic rings. The molecule has 0 bridgehead atoms. The van der Waals surface area contributed by atoms with Gasteiger partial charge in [-0.3, -0.25) is 4.98 Å². The van der Waals surface area contributed by atoms with Crippen molar-refractivity contribution in [2.75, 3.05) is 20.8 Å². The molecule has 0 radical (unpaired) electrons. The summed E-state index contributed by atoms with van der Waals surface area (Å²) >= 11 is 0. The summed E-state index contributed by atoms with van der Waals surface area (Å²) in [5.41, 5.74) is 5.99. The van der Waals surface area contributed by atoms with Gasteiger partial charge in [0.25, 0.3) is 0 Å². The largest absolute Gasteiger partial charge is 0.495 e. The summed E-state index contributed by atoms with van der Waals surface area (Å²) in [5.74, 6) is 1.02. The van der Waals surface area contributed by atoms with Crippen LogP contribution in [0.4, 0.5) is 0 Å². The Kier molecular flexibility index (Phi) is 4.33. The Balaban J connectivity index is 3.09. The highest BCUT2D eigenvalue weighted by molar-refractivity contribution is 5.43. The number of aromatic nitrogens is 1. The van der Waals surface area contributed by atoms with Gasteiger partial charge in [-0.2, -0.15) is 0 Å². The van der Waals surface area contributed by atoms with E-state index in [1.54, 1.807) is 0 Å². The predicted octanol–water partition coefficient (Wildman–Crippen LogP) is 0.481. The molecule has 1 heterocycles. The van der Waals surface area contributed by atoms with Crippen LogP contribution in [0.15, 0.2) is 12.4 Å². The maximum absolute atomic E-state index is 9.88. The standard InChI is InChI=1S/C10H16N2O3/c1-14-8-5-12-6-9(15-2)10(8)7(13)3-4-11/h5-7,13H,3-4,11H2,1-2H3/t7-/m1/s1. The summed E-state index contributed by atoms with van der Waals surface area (Å²) < 4.78 is 10.2. The maximum Gasteiger partial charge on any atom is 0.146 e. The first-order valence-corrected chi connectivity index (χ1v) is 4.68. The Hall–Kier alpha value is -1.33. The first-order valence-electron chi connectivity index (χ1n) is 4.68. The lowest BCUT2D eigenvalue weighted by Crippen LogP contribution is -2.09. The second kappa shape index (κ2) is 5.53. The van der Waals surface area contributed by atoms with Crippen LogP contribution in [0, 0.1) is 0 Å². The van der Waals surface area contributed by atoms with Crippen LogP contribution in [-0.4, -0.2) is 30.9 Å². The average Bonchev–Trinajstić information content (AvgIpc) is 2.28. The van der Waals surface area contributed by atoms with Gasteiger partial charge in [-0.15, -0.1) is 0 Å². The monoisotopic (exact) mass is 212 g/mol. The van der Waals surface area contributed by atoms with Crippen molar-refractivity contribution in [3.63, 3.8) is 0 Å². The fourth-order valence-corrected chi connectivity index (χ4v) is 1.39. The highest BCUT2D eigenvalue weighted by atomic mass is 16.5. The van der Waals surface area contributed by atoms with Gasteiger partial charge in [0.05, 0.1) is 38.3 Å². The van der Waals surface area contributed by atoms with Crippen molar-refractivity contribution in [3.8, 4) is 11.5 Å². The van der Waals surface area contributed by atoms with E-state index in [4.69, 9.17) is 15.2 Å². The van der Waals surface area contributed by atoms with Crippen LogP contribution in [0.5, 0.6) is 11.5 Å². The SMILES string of the molecule is COc1cncc(OC)c1[C@H](O)CCN. The molecule has 1 aromatic heterocycles. The zero-order valence-electron chi connectivity index (χ0n) is 8.93. The molecule has 1 aromatic rings. The smallest absolute Gasteiger partial charge is 0.146 e. The van der Waals surface area contributed by atoms with Gasteiger partial charge in [0, 0.05) is 0 Å². The highest BCUT2D eigenvalue weighted by Crippen LogP contribution is 2.33. The van der Waals surface area contributed by atoms with Crippen LogP contribution in [0.25, 0.3) is 0 Å². The molecule has 0 saturated heterocycles. The van der Waals surface area contributed by atoms with Crippen LogP contribution in [0.3, 0.4) is 0 Å². The molecule has 5 nitrogen and oxygen atoms in total. The van der Waals surface area contributed by atoms with Crippen molar-refractivity contribution in [1.29, 1.82) is 0 Å². The second-order valence-electron chi connectivity index (χ2n) is 3.05. The zero-order valence-corrected chi connectivity index (χ0v) is 8.93. The molecule has 15 heavy (non-hydrogen) atoms. The molecule has 3 N–H and O–H groups in total. The number of ether oxygens (including phenoxy) is 2. The van der Waals surface area contributed by atoms with Gasteiger partial charge < -0.3 is 20.3 Å². The van der Waals surface area contributed by atoms with Crippen LogP contribution in [0.1, 0.15) is 18.1 Å². The lowest BCUT2D eigenvalue weighted by atomic mass is 10.1. The summed E-state index contributed by atoms with van der Waals surface area (Å²) in [6, 6.07) is 0. The average molecular weight is 212 g/mol. The van der Waals surface area contributed by atoms with E-state index in [0.29, 0.717) is 30.0 Å². The summed E-state index contributed by atoms with van der Waals surface area (Å²) in [7, 11) is 3.05. The molecular weight excluding hydrogens is 196 g/mol. The molecular formula is C10H16N2O3. The number of aliphatic hydroxyl groups excluding tert-OH is 1. The summed E-state index contributed by atoms with van der Waals surface area (Å²) in [5, 5.41) is 9.88. The van der Waals surface area contributed by atoms with Crippen LogP contribution < -0.4 is 15.2 Å². The summed E-state index contributed by atoms with van der Waals surface area (Å²) in [4.78, 5) is 3.94. The first-order chi connectivity index (χ1) is 7.24. The van der Waals surface area contributed by atoms with Gasteiger partial charge in [0.2, 0.25) is 0 Å². The van der Waals surface area contributed by atoms with E-state index >= 15 is 0 Å². The Labute approximate surface area is 88.8 Å². The van der Waals surface area contributed by atoms with Crippen molar-refractivity contribution >= 4 is 0 Å². The van der Waals surface area contributed by atoms with E-state index in [1.165, 1.54) is 26.6 Å². The number of pyridine rings is 1. The van der Waals surface area contributed by atoms with Crippen LogP contribution >= 0.6 is 0 Å². The number of hydrogen-bond donors (Lipinski definition) is 2. The minimum atomic E-state index is -0.692. The Morgan fingerprint density at radius 2 is 1.87 bits per heavy atom. The van der Waals surface area contributed by atoms with E-state index in [9.17, 15) is 5.11 Å². The van der Waals surface area contributed by atoms with Crippen LogP contribution in [0.2, 0.25) is 0 Å². The molecule has 0 aromatic carbocycles. The molecule has 0 unspecified atom stereocenters. The van der Waals surface area contributed by atoms with Crippen molar-refractivity contribution in [2.24, 2.45) is 5.73 Å². The topological polar surface area (TPSA) is 77.6 Å². The number of rotatable bonds is 5. The Morgan fingerprint density at radius 1 is 1.33 bits per heavy atom. The van der Waals surface area contributed by atoms with Gasteiger partial charge in [-0.25, -0.2) is 0 Å². The molecule has 0 amide bonds. The molecule has 0 spiro atoms. The number of aliphatic hydroxyl groups is 1. The molecule has 5 heteroatoms. The quantitative estimate of drug-likeness (QED) is 0.742. The van der Waals surface area contributed by atoms with E-state index in [0.717, 1.165) is 0 Å². The molecule has 0 fully saturated rings. The van der Waals surface area contributed by atoms with Gasteiger partial charge in [-0.1, -0.05) is 0 Å². The minimum Gasteiger partial charge on any atom is -0.495 e. The number of hydrogen-bond acceptors (Lipinski definition) is 5. The van der Waals surface area contributed by atoms with E-state index in [1.807, 2.05) is 0 Å². The number of nitrogens with two attached hydrogens (primary N) is 1. The zero-order chi connectivity index (χ0) is 11.3. The fraction of sp³-hybridized carbons (Fsp3) is 0.500. The lowest BCUT2D eigenvalue weighted by molar-refractivity contribution is 0.161. The van der Waals surface area contributed by atoms with E-state index < -0.39 is 6.10 Å². The molecule has 0 aliphatic carbocycles. The van der Waals surface area contributed by atoms with E-state index in [-0.39, 0.29) is 0 Å². The third kappa shape index (κ3) is 2.57. The van der Waals surface area contributed by atoms with Crippen molar-refractivity contribution < 1.29 is 14.6 Å². The number of nitrogens with zero attached hydrogens (tertiary/aromatic N) is 1. The highest BCUT2D eigenvalue weighted by Gasteiger charge is 2.18. The number of methoxy groups -OCH3 is 2. The molecule has 1 rings (SSSR count). The van der Waals surface area contributed by atoms with Gasteiger partial charge in [0.1, 0.15) is 11.5 Å². The Morgan fingerprint density at radius 3 is 2.27 bits per heavy atom. The summed E-state index contributed by atoms with van der Waals surface area (Å²) in [6.45, 7) is 0.399. The predicted molar refractivity (Wildman–Crippen MR) is 56.0 cm³/mol. The fourth-order valence-electron chi connectivity index (χ4n) is 1.39. The molecule has 0 saturated carbocycles. The first kappa shape index (κ1) is 11.7. The van der Waals surface area contributed by atoms with Crippen LogP contribution in [-0.2, 0) is 0 Å².